The molecule has 100 valence electrons. The van der Waals surface area contributed by atoms with Crippen LogP contribution in [0.2, 0.25) is 0 Å². The molecule has 0 atom stereocenters. The average molecular weight is 249 g/mol. The minimum Gasteiger partial charge on any atom is -0.369 e. The third-order valence-corrected chi connectivity index (χ3v) is 3.16. The van der Waals surface area contributed by atoms with Crippen LogP contribution < -0.4 is 10.6 Å². The van der Waals surface area contributed by atoms with Gasteiger partial charge in [-0.05, 0) is 6.92 Å². The summed E-state index contributed by atoms with van der Waals surface area (Å²) in [4.78, 5) is 11.3. The molecule has 2 rings (SSSR count). The third kappa shape index (κ3) is 3.92. The van der Waals surface area contributed by atoms with Crippen molar-refractivity contribution in [3.63, 3.8) is 0 Å². The summed E-state index contributed by atoms with van der Waals surface area (Å²) in [6.07, 6.45) is 0.883. The molecule has 1 aromatic heterocycles. The highest BCUT2D eigenvalue weighted by Gasteiger charge is 2.08. The zero-order valence-electron chi connectivity index (χ0n) is 11.4. The van der Waals surface area contributed by atoms with Crippen LogP contribution in [-0.4, -0.2) is 54.1 Å². The van der Waals surface area contributed by atoms with Crippen molar-refractivity contribution in [2.45, 2.75) is 20.3 Å². The maximum Gasteiger partial charge on any atom is 0.130 e. The molecule has 0 amide bonds. The standard InChI is InChI=1S/C13H23N5/c1-3-12-16-11(2)10-13(17-12)15-6-9-18-7-4-14-5-8-18/h10,14H,3-9H2,1-2H3,(H,15,16,17). The van der Waals surface area contributed by atoms with E-state index in [1.165, 1.54) is 0 Å². The van der Waals surface area contributed by atoms with Crippen LogP contribution in [0.3, 0.4) is 0 Å². The van der Waals surface area contributed by atoms with E-state index in [0.29, 0.717) is 0 Å². The number of nitrogens with zero attached hydrogens (tertiary/aromatic N) is 3. The van der Waals surface area contributed by atoms with Crippen LogP contribution in [-0.2, 0) is 6.42 Å². The van der Waals surface area contributed by atoms with E-state index >= 15 is 0 Å². The number of rotatable bonds is 5. The molecule has 2 N–H and O–H groups in total. The van der Waals surface area contributed by atoms with E-state index in [1.54, 1.807) is 0 Å². The molecule has 1 aliphatic rings. The van der Waals surface area contributed by atoms with Crippen LogP contribution in [0.25, 0.3) is 0 Å². The van der Waals surface area contributed by atoms with Crippen LogP contribution in [0.15, 0.2) is 6.07 Å². The zero-order chi connectivity index (χ0) is 12.8. The number of hydrogen-bond acceptors (Lipinski definition) is 5. The van der Waals surface area contributed by atoms with Gasteiger partial charge in [0.05, 0.1) is 0 Å². The largest absolute Gasteiger partial charge is 0.369 e. The van der Waals surface area contributed by atoms with Gasteiger partial charge in [0.1, 0.15) is 11.6 Å². The topological polar surface area (TPSA) is 53.1 Å². The lowest BCUT2D eigenvalue weighted by Crippen LogP contribution is -2.45. The Labute approximate surface area is 109 Å². The summed E-state index contributed by atoms with van der Waals surface area (Å²) < 4.78 is 0. The maximum absolute atomic E-state index is 4.48. The lowest BCUT2D eigenvalue weighted by Gasteiger charge is -2.27. The average Bonchev–Trinajstić information content (AvgIpc) is 2.39. The van der Waals surface area contributed by atoms with Crippen molar-refractivity contribution >= 4 is 5.82 Å². The second-order valence-corrected chi connectivity index (χ2v) is 4.68. The van der Waals surface area contributed by atoms with Crippen LogP contribution >= 0.6 is 0 Å². The quantitative estimate of drug-likeness (QED) is 0.803. The fourth-order valence-electron chi connectivity index (χ4n) is 2.16. The molecule has 1 saturated heterocycles. The van der Waals surface area contributed by atoms with Gasteiger partial charge in [0, 0.05) is 57.4 Å². The first kappa shape index (κ1) is 13.2. The Morgan fingerprint density at radius 1 is 1.33 bits per heavy atom. The van der Waals surface area contributed by atoms with Crippen molar-refractivity contribution in [2.24, 2.45) is 0 Å². The van der Waals surface area contributed by atoms with Crippen LogP contribution in [0.4, 0.5) is 5.82 Å². The Morgan fingerprint density at radius 3 is 2.83 bits per heavy atom. The predicted molar refractivity (Wildman–Crippen MR) is 73.9 cm³/mol. The highest BCUT2D eigenvalue weighted by atomic mass is 15.2. The predicted octanol–water partition coefficient (Wildman–Crippen LogP) is 0.665. The second kappa shape index (κ2) is 6.66. The van der Waals surface area contributed by atoms with Crippen molar-refractivity contribution in [3.8, 4) is 0 Å². The Morgan fingerprint density at radius 2 is 2.11 bits per heavy atom. The second-order valence-electron chi connectivity index (χ2n) is 4.68. The van der Waals surface area contributed by atoms with Crippen LogP contribution in [0.1, 0.15) is 18.4 Å². The number of nitrogens with one attached hydrogen (secondary N) is 2. The maximum atomic E-state index is 4.48. The number of piperazine rings is 1. The van der Waals surface area contributed by atoms with E-state index in [9.17, 15) is 0 Å². The molecule has 1 aromatic rings. The van der Waals surface area contributed by atoms with Crippen LogP contribution in [0, 0.1) is 6.92 Å². The van der Waals surface area contributed by atoms with E-state index < -0.39 is 0 Å². The van der Waals surface area contributed by atoms with Crippen molar-refractivity contribution in [1.82, 2.24) is 20.2 Å². The molecule has 1 aliphatic heterocycles. The van der Waals surface area contributed by atoms with Crippen molar-refractivity contribution in [1.29, 1.82) is 0 Å². The van der Waals surface area contributed by atoms with E-state index in [4.69, 9.17) is 0 Å². The SMILES string of the molecule is CCc1nc(C)cc(NCCN2CCNCC2)n1. The minimum atomic E-state index is 0.883. The number of aryl methyl sites for hydroxylation is 2. The van der Waals surface area contributed by atoms with Gasteiger partial charge in [0.25, 0.3) is 0 Å². The van der Waals surface area contributed by atoms with E-state index in [0.717, 1.165) is 63.0 Å². The van der Waals surface area contributed by atoms with Gasteiger partial charge in [-0.2, -0.15) is 0 Å². The van der Waals surface area contributed by atoms with Gasteiger partial charge < -0.3 is 10.6 Å². The van der Waals surface area contributed by atoms with Crippen LogP contribution in [0.5, 0.6) is 0 Å². The van der Waals surface area contributed by atoms with Gasteiger partial charge in [0.2, 0.25) is 0 Å². The monoisotopic (exact) mass is 249 g/mol. The molecule has 0 saturated carbocycles. The molecule has 0 aliphatic carbocycles. The normalized spacial score (nSPS) is 16.8. The molecule has 0 unspecified atom stereocenters. The summed E-state index contributed by atoms with van der Waals surface area (Å²) in [5.41, 5.74) is 1.03. The molecule has 18 heavy (non-hydrogen) atoms. The van der Waals surface area contributed by atoms with E-state index in [1.807, 2.05) is 13.0 Å². The van der Waals surface area contributed by atoms with Gasteiger partial charge in [-0.1, -0.05) is 6.92 Å². The van der Waals surface area contributed by atoms with Gasteiger partial charge in [0.15, 0.2) is 0 Å². The van der Waals surface area contributed by atoms with Gasteiger partial charge >= 0.3 is 0 Å². The van der Waals surface area contributed by atoms with Crippen molar-refractivity contribution in [3.05, 3.63) is 17.6 Å². The van der Waals surface area contributed by atoms with Crippen molar-refractivity contribution < 1.29 is 0 Å². The Kier molecular flexibility index (Phi) is 4.90. The summed E-state index contributed by atoms with van der Waals surface area (Å²) >= 11 is 0. The molecular weight excluding hydrogens is 226 g/mol. The lowest BCUT2D eigenvalue weighted by atomic mass is 10.3. The Bertz CT molecular complexity index is 374. The fourth-order valence-corrected chi connectivity index (χ4v) is 2.16. The molecular formula is C13H23N5. The molecule has 5 heteroatoms. The van der Waals surface area contributed by atoms with Crippen molar-refractivity contribution in [2.75, 3.05) is 44.6 Å². The first-order valence-electron chi connectivity index (χ1n) is 6.79. The smallest absolute Gasteiger partial charge is 0.130 e. The molecule has 0 radical (unpaired) electrons. The highest BCUT2D eigenvalue weighted by molar-refractivity contribution is 5.35. The van der Waals surface area contributed by atoms with Gasteiger partial charge in [-0.15, -0.1) is 0 Å². The van der Waals surface area contributed by atoms with Gasteiger partial charge in [-0.25, -0.2) is 9.97 Å². The third-order valence-electron chi connectivity index (χ3n) is 3.16. The molecule has 0 spiro atoms. The minimum absolute atomic E-state index is 0.883. The fraction of sp³-hybridized carbons (Fsp3) is 0.692. The summed E-state index contributed by atoms with van der Waals surface area (Å²) in [6, 6.07) is 2.01. The first-order chi connectivity index (χ1) is 8.78. The van der Waals surface area contributed by atoms with E-state index in [-0.39, 0.29) is 0 Å². The molecule has 1 fully saturated rings. The molecule has 2 heterocycles. The van der Waals surface area contributed by atoms with E-state index in [2.05, 4.69) is 32.4 Å². The number of hydrogen-bond donors (Lipinski definition) is 2. The number of aromatic nitrogens is 2. The zero-order valence-corrected chi connectivity index (χ0v) is 11.4. The summed E-state index contributed by atoms with van der Waals surface area (Å²) in [6.45, 7) is 10.6. The summed E-state index contributed by atoms with van der Waals surface area (Å²) in [5, 5.41) is 6.76. The number of anilines is 1. The lowest BCUT2D eigenvalue weighted by molar-refractivity contribution is 0.249. The molecule has 0 bridgehead atoms. The molecule has 0 aromatic carbocycles. The Balaban J connectivity index is 1.80. The highest BCUT2D eigenvalue weighted by Crippen LogP contribution is 2.06. The Hall–Kier alpha value is -1.20. The first-order valence-corrected chi connectivity index (χ1v) is 6.79. The summed E-state index contributed by atoms with van der Waals surface area (Å²) in [5.74, 6) is 1.87. The molecule has 5 nitrogen and oxygen atoms in total. The summed E-state index contributed by atoms with van der Waals surface area (Å²) in [7, 11) is 0. The van der Waals surface area contributed by atoms with Gasteiger partial charge in [-0.3, -0.25) is 4.90 Å².